The molecular weight excluding hydrogens is 445 g/mol. The van der Waals surface area contributed by atoms with Crippen LogP contribution in [-0.2, 0) is 10.9 Å². The van der Waals surface area contributed by atoms with Crippen LogP contribution in [0.2, 0.25) is 0 Å². The molecule has 0 radical (unpaired) electrons. The van der Waals surface area contributed by atoms with Crippen LogP contribution in [0.5, 0.6) is 0 Å². The molecule has 1 aliphatic rings. The summed E-state index contributed by atoms with van der Waals surface area (Å²) in [5.74, 6) is 5.05. The van der Waals surface area contributed by atoms with Crippen molar-refractivity contribution in [1.29, 1.82) is 0 Å². The lowest BCUT2D eigenvalue weighted by Crippen LogP contribution is -2.45. The van der Waals surface area contributed by atoms with Gasteiger partial charge >= 0.3 is 12.3 Å². The molecule has 2 aromatic heterocycles. The highest BCUT2D eigenvalue weighted by molar-refractivity contribution is 7.17. The molecule has 0 spiro atoms. The van der Waals surface area contributed by atoms with Gasteiger partial charge in [0, 0.05) is 31.6 Å². The molecule has 2 amide bonds. The lowest BCUT2D eigenvalue weighted by molar-refractivity contribution is -0.136. The summed E-state index contributed by atoms with van der Waals surface area (Å²) in [5, 5.41) is 6.59. The number of halogens is 3. The molecule has 1 aliphatic heterocycles. The van der Waals surface area contributed by atoms with Gasteiger partial charge < -0.3 is 20.3 Å². The summed E-state index contributed by atoms with van der Waals surface area (Å²) in [7, 11) is 1.42. The largest absolute Gasteiger partial charge is 0.433 e. The van der Waals surface area contributed by atoms with Crippen molar-refractivity contribution in [1.82, 2.24) is 15.6 Å². The zero-order valence-corrected chi connectivity index (χ0v) is 18.6. The SMILES string of the molecule is CC#C[C@@H](C)OC(=O)NC1CCN(c2cc(C(F)(F)F)c3scc(C(=O)NC)c3n2)CC1. The maximum absolute atomic E-state index is 13.7. The maximum Gasteiger partial charge on any atom is 0.417 e. The highest BCUT2D eigenvalue weighted by atomic mass is 32.1. The molecule has 2 aromatic rings. The fraction of sp³-hybridized carbons (Fsp3) is 0.476. The maximum atomic E-state index is 13.7. The van der Waals surface area contributed by atoms with E-state index in [-0.39, 0.29) is 27.6 Å². The molecular formula is C21H23F3N4O3S. The summed E-state index contributed by atoms with van der Waals surface area (Å²) in [6.45, 7) is 4.10. The number of amides is 2. The van der Waals surface area contributed by atoms with E-state index in [9.17, 15) is 22.8 Å². The monoisotopic (exact) mass is 468 g/mol. The number of nitrogens with one attached hydrogen (secondary N) is 2. The molecule has 1 fully saturated rings. The molecule has 32 heavy (non-hydrogen) atoms. The molecule has 0 bridgehead atoms. The van der Waals surface area contributed by atoms with Crippen LogP contribution in [0.1, 0.15) is 42.6 Å². The van der Waals surface area contributed by atoms with Crippen LogP contribution in [0.25, 0.3) is 10.2 Å². The number of alkyl halides is 3. The number of ether oxygens (including phenoxy) is 1. The van der Waals surface area contributed by atoms with Crippen LogP contribution in [0.15, 0.2) is 11.4 Å². The molecule has 3 rings (SSSR count). The van der Waals surface area contributed by atoms with E-state index in [1.807, 2.05) is 0 Å². The van der Waals surface area contributed by atoms with Gasteiger partial charge in [-0.2, -0.15) is 13.2 Å². The molecule has 2 N–H and O–H groups in total. The van der Waals surface area contributed by atoms with E-state index < -0.39 is 29.8 Å². The van der Waals surface area contributed by atoms with E-state index in [1.54, 1.807) is 18.7 Å². The number of piperidine rings is 1. The van der Waals surface area contributed by atoms with Crippen molar-refractivity contribution in [2.45, 2.75) is 45.0 Å². The first-order chi connectivity index (χ1) is 15.1. The number of nitrogens with zero attached hydrogens (tertiary/aromatic N) is 2. The molecule has 1 atom stereocenters. The van der Waals surface area contributed by atoms with Crippen LogP contribution in [0.3, 0.4) is 0 Å². The molecule has 0 saturated carbocycles. The van der Waals surface area contributed by atoms with Crippen molar-refractivity contribution < 1.29 is 27.5 Å². The van der Waals surface area contributed by atoms with Crippen molar-refractivity contribution in [3.63, 3.8) is 0 Å². The Hall–Kier alpha value is -3.00. The minimum Gasteiger partial charge on any atom is -0.433 e. The Morgan fingerprint density at radius 1 is 1.34 bits per heavy atom. The molecule has 7 nitrogen and oxygen atoms in total. The van der Waals surface area contributed by atoms with E-state index in [0.717, 1.165) is 17.4 Å². The fourth-order valence-corrected chi connectivity index (χ4v) is 4.53. The Morgan fingerprint density at radius 2 is 2.03 bits per heavy atom. The average Bonchev–Trinajstić information content (AvgIpc) is 3.16. The van der Waals surface area contributed by atoms with E-state index >= 15 is 0 Å². The topological polar surface area (TPSA) is 83.6 Å². The molecule has 1 saturated heterocycles. The molecule has 0 aromatic carbocycles. The van der Waals surface area contributed by atoms with Gasteiger partial charge in [-0.25, -0.2) is 9.78 Å². The number of thiophene rings is 1. The van der Waals surface area contributed by atoms with Crippen LogP contribution in [0, 0.1) is 11.8 Å². The number of aromatic nitrogens is 1. The predicted octanol–water partition coefficient (Wildman–Crippen LogP) is 3.78. The van der Waals surface area contributed by atoms with Crippen molar-refractivity contribution in [3.05, 3.63) is 22.6 Å². The molecule has 172 valence electrons. The Morgan fingerprint density at radius 3 is 2.62 bits per heavy atom. The van der Waals surface area contributed by atoms with Gasteiger partial charge in [-0.1, -0.05) is 5.92 Å². The second-order valence-electron chi connectivity index (χ2n) is 7.28. The van der Waals surface area contributed by atoms with Crippen LogP contribution < -0.4 is 15.5 Å². The highest BCUT2D eigenvalue weighted by Gasteiger charge is 2.36. The highest BCUT2D eigenvalue weighted by Crippen LogP contribution is 2.40. The van der Waals surface area contributed by atoms with E-state index in [1.165, 1.54) is 12.4 Å². The van der Waals surface area contributed by atoms with Crippen molar-refractivity contribution in [3.8, 4) is 11.8 Å². The second-order valence-corrected chi connectivity index (χ2v) is 8.16. The minimum absolute atomic E-state index is 0.0361. The van der Waals surface area contributed by atoms with E-state index in [4.69, 9.17) is 4.74 Å². The second kappa shape index (κ2) is 9.65. The van der Waals surface area contributed by atoms with Crippen LogP contribution >= 0.6 is 11.3 Å². The third-order valence-corrected chi connectivity index (χ3v) is 6.06. The van der Waals surface area contributed by atoms with Gasteiger partial charge in [-0.15, -0.1) is 17.3 Å². The number of hydrogen-bond donors (Lipinski definition) is 2. The standard InChI is InChI=1S/C21H23F3N4O3S/c1-4-5-12(2)31-20(30)26-13-6-8-28(9-7-13)16-10-15(21(22,23)24)18-17(27-16)14(11-32-18)19(29)25-3/h10-13H,6-9H2,1-3H3,(H,25,29)(H,26,30)/t12-/m1/s1. The summed E-state index contributed by atoms with van der Waals surface area (Å²) in [6.07, 6.45) is -4.67. The summed E-state index contributed by atoms with van der Waals surface area (Å²) >= 11 is 0.849. The van der Waals surface area contributed by atoms with Crippen molar-refractivity contribution in [2.75, 3.05) is 25.0 Å². The van der Waals surface area contributed by atoms with Gasteiger partial charge in [0.05, 0.1) is 21.3 Å². The summed E-state index contributed by atoms with van der Waals surface area (Å²) in [6, 6.07) is 0.855. The Balaban J connectivity index is 1.78. The third-order valence-electron chi connectivity index (χ3n) is 5.06. The summed E-state index contributed by atoms with van der Waals surface area (Å²) in [5.41, 5.74) is -0.662. The molecule has 11 heteroatoms. The minimum atomic E-state index is -4.58. The molecule has 0 aliphatic carbocycles. The van der Waals surface area contributed by atoms with Gasteiger partial charge in [0.2, 0.25) is 0 Å². The van der Waals surface area contributed by atoms with Gasteiger partial charge in [-0.3, -0.25) is 4.79 Å². The first-order valence-corrected chi connectivity index (χ1v) is 10.9. The first kappa shape index (κ1) is 23.7. The quantitative estimate of drug-likeness (QED) is 0.668. The number of anilines is 1. The Labute approximate surface area is 187 Å². The number of carbonyl (C=O) groups excluding carboxylic acids is 2. The van der Waals surface area contributed by atoms with Gasteiger partial charge in [-0.05, 0) is 32.8 Å². The zero-order chi connectivity index (χ0) is 23.5. The lowest BCUT2D eigenvalue weighted by Gasteiger charge is -2.33. The normalized spacial score (nSPS) is 15.6. The zero-order valence-electron chi connectivity index (χ0n) is 17.8. The number of rotatable bonds is 4. The molecule has 0 unspecified atom stereocenters. The van der Waals surface area contributed by atoms with Crippen molar-refractivity contribution >= 4 is 39.4 Å². The van der Waals surface area contributed by atoms with Crippen molar-refractivity contribution in [2.24, 2.45) is 0 Å². The van der Waals surface area contributed by atoms with Gasteiger partial charge in [0.1, 0.15) is 5.82 Å². The summed E-state index contributed by atoms with van der Waals surface area (Å²) < 4.78 is 46.2. The van der Waals surface area contributed by atoms with E-state index in [2.05, 4.69) is 27.5 Å². The number of carbonyl (C=O) groups is 2. The Kier molecular flexibility index (Phi) is 7.13. The smallest absolute Gasteiger partial charge is 0.417 e. The number of hydrogen-bond acceptors (Lipinski definition) is 6. The average molecular weight is 469 g/mol. The number of pyridine rings is 1. The van der Waals surface area contributed by atoms with Crippen LogP contribution in [0.4, 0.5) is 23.8 Å². The lowest BCUT2D eigenvalue weighted by atomic mass is 10.0. The third kappa shape index (κ3) is 5.24. The first-order valence-electron chi connectivity index (χ1n) is 10.00. The summed E-state index contributed by atoms with van der Waals surface area (Å²) in [4.78, 5) is 30.2. The van der Waals surface area contributed by atoms with Gasteiger partial charge in [0.15, 0.2) is 6.10 Å². The number of alkyl carbamates (subject to hydrolysis) is 1. The van der Waals surface area contributed by atoms with E-state index in [0.29, 0.717) is 25.9 Å². The van der Waals surface area contributed by atoms with Gasteiger partial charge in [0.25, 0.3) is 5.91 Å². The Bertz CT molecular complexity index is 1070. The van der Waals surface area contributed by atoms with Crippen LogP contribution in [-0.4, -0.2) is 49.3 Å². The number of fused-ring (bicyclic) bond motifs is 1. The predicted molar refractivity (Wildman–Crippen MR) is 116 cm³/mol. The fourth-order valence-electron chi connectivity index (χ4n) is 3.51. The molecule has 3 heterocycles.